The first kappa shape index (κ1) is 17.7. The molecule has 2 aromatic rings. The first-order chi connectivity index (χ1) is 13.0. The fraction of sp³-hybridized carbons (Fsp3) is 0.304. The number of amides is 1. The van der Waals surface area contributed by atoms with E-state index in [4.69, 9.17) is 0 Å². The summed E-state index contributed by atoms with van der Waals surface area (Å²) in [5.74, 6) is -0.469. The highest BCUT2D eigenvalue weighted by Gasteiger charge is 2.38. The molecule has 0 saturated heterocycles. The minimum atomic E-state index is -0.289. The highest BCUT2D eigenvalue weighted by atomic mass is 19.1. The van der Waals surface area contributed by atoms with Crippen LogP contribution in [0, 0.1) is 5.82 Å². The number of benzene rings is 2. The van der Waals surface area contributed by atoms with Crippen LogP contribution in [0.5, 0.6) is 0 Å². The van der Waals surface area contributed by atoms with E-state index in [9.17, 15) is 14.0 Å². The Labute approximate surface area is 158 Å². The summed E-state index contributed by atoms with van der Waals surface area (Å²) in [5, 5.41) is 2.93. The molecule has 0 aromatic heterocycles. The van der Waals surface area contributed by atoms with Crippen molar-refractivity contribution in [2.45, 2.75) is 44.4 Å². The van der Waals surface area contributed by atoms with Crippen LogP contribution in [0.25, 0.3) is 0 Å². The first-order valence-corrected chi connectivity index (χ1v) is 9.45. The third-order valence-electron chi connectivity index (χ3n) is 5.67. The molecule has 1 N–H and O–H groups in total. The topological polar surface area (TPSA) is 46.2 Å². The second-order valence-electron chi connectivity index (χ2n) is 7.37. The molecule has 0 unspecified atom stereocenters. The molecule has 4 heteroatoms. The average molecular weight is 363 g/mol. The van der Waals surface area contributed by atoms with Crippen LogP contribution in [-0.2, 0) is 16.0 Å². The van der Waals surface area contributed by atoms with E-state index < -0.39 is 0 Å². The Morgan fingerprint density at radius 3 is 2.26 bits per heavy atom. The zero-order valence-corrected chi connectivity index (χ0v) is 15.3. The second kappa shape index (κ2) is 7.10. The number of nitrogens with one attached hydrogen (secondary N) is 1. The molecule has 2 aliphatic rings. The van der Waals surface area contributed by atoms with Crippen LogP contribution in [0.1, 0.15) is 54.7 Å². The van der Waals surface area contributed by atoms with E-state index in [1.807, 2.05) is 12.1 Å². The number of Topliss-reactive ketones (excluding diaryl/α,β-unsaturated/α-hetero) is 1. The lowest BCUT2D eigenvalue weighted by atomic mass is 9.73. The number of carbonyl (C=O) groups is 2. The summed E-state index contributed by atoms with van der Waals surface area (Å²) in [6, 6.07) is 14.5. The zero-order chi connectivity index (χ0) is 19.0. The van der Waals surface area contributed by atoms with Gasteiger partial charge in [-0.2, -0.15) is 0 Å². The summed E-state index contributed by atoms with van der Waals surface area (Å²) in [7, 11) is 0. The van der Waals surface area contributed by atoms with Crippen LogP contribution < -0.4 is 5.32 Å². The maximum absolute atomic E-state index is 13.2. The Morgan fingerprint density at radius 2 is 1.59 bits per heavy atom. The first-order valence-electron chi connectivity index (χ1n) is 9.45. The van der Waals surface area contributed by atoms with Gasteiger partial charge in [0.05, 0.1) is 0 Å². The normalized spacial score (nSPS) is 22.4. The third-order valence-corrected chi connectivity index (χ3v) is 5.67. The SMILES string of the molecule is CCc1ccc([C@@H]2CC(=O)NC3=C2C(=O)C[C@@H](c2ccc(F)cc2)C3)cc1. The summed E-state index contributed by atoms with van der Waals surface area (Å²) in [6.45, 7) is 2.10. The molecule has 0 spiro atoms. The zero-order valence-electron chi connectivity index (χ0n) is 15.3. The Balaban J connectivity index is 1.68. The Hall–Kier alpha value is -2.75. The van der Waals surface area contributed by atoms with E-state index in [1.54, 1.807) is 12.1 Å². The summed E-state index contributed by atoms with van der Waals surface area (Å²) < 4.78 is 13.2. The highest BCUT2D eigenvalue weighted by molar-refractivity contribution is 6.02. The molecule has 1 aliphatic heterocycles. The second-order valence-corrected chi connectivity index (χ2v) is 7.37. The molecule has 1 aliphatic carbocycles. The molecule has 0 radical (unpaired) electrons. The molecule has 4 rings (SSSR count). The molecule has 0 fully saturated rings. The van der Waals surface area contributed by atoms with E-state index in [0.29, 0.717) is 19.3 Å². The van der Waals surface area contributed by atoms with Gasteiger partial charge in [-0.05, 0) is 47.6 Å². The smallest absolute Gasteiger partial charge is 0.225 e. The van der Waals surface area contributed by atoms with E-state index in [-0.39, 0.29) is 29.3 Å². The van der Waals surface area contributed by atoms with Crippen LogP contribution in [0.2, 0.25) is 0 Å². The molecule has 0 bridgehead atoms. The summed E-state index contributed by atoms with van der Waals surface area (Å²) in [5.41, 5.74) is 4.67. The summed E-state index contributed by atoms with van der Waals surface area (Å²) in [4.78, 5) is 25.3. The van der Waals surface area contributed by atoms with Crippen molar-refractivity contribution in [3.63, 3.8) is 0 Å². The lowest BCUT2D eigenvalue weighted by Gasteiger charge is -2.34. The van der Waals surface area contributed by atoms with Gasteiger partial charge in [0.1, 0.15) is 5.82 Å². The number of rotatable bonds is 3. The summed E-state index contributed by atoms with van der Waals surface area (Å²) >= 11 is 0. The van der Waals surface area contributed by atoms with Gasteiger partial charge < -0.3 is 5.32 Å². The maximum Gasteiger partial charge on any atom is 0.225 e. The van der Waals surface area contributed by atoms with Crippen LogP contribution in [-0.4, -0.2) is 11.7 Å². The van der Waals surface area contributed by atoms with Gasteiger partial charge in [-0.15, -0.1) is 0 Å². The third kappa shape index (κ3) is 3.44. The van der Waals surface area contributed by atoms with Gasteiger partial charge in [0.25, 0.3) is 0 Å². The van der Waals surface area contributed by atoms with Crippen molar-refractivity contribution >= 4 is 11.7 Å². The number of halogens is 1. The number of hydrogen-bond donors (Lipinski definition) is 1. The molecule has 1 heterocycles. The number of allylic oxidation sites excluding steroid dienone is 2. The van der Waals surface area contributed by atoms with E-state index in [1.165, 1.54) is 17.7 Å². The van der Waals surface area contributed by atoms with Crippen LogP contribution in [0.4, 0.5) is 4.39 Å². The minimum Gasteiger partial charge on any atom is -0.329 e. The molecule has 138 valence electrons. The largest absolute Gasteiger partial charge is 0.329 e. The van der Waals surface area contributed by atoms with Gasteiger partial charge in [0, 0.05) is 30.0 Å². The van der Waals surface area contributed by atoms with E-state index >= 15 is 0 Å². The number of aryl methyl sites for hydroxylation is 1. The highest BCUT2D eigenvalue weighted by Crippen LogP contribution is 2.42. The van der Waals surface area contributed by atoms with Gasteiger partial charge in [-0.25, -0.2) is 4.39 Å². The maximum atomic E-state index is 13.2. The molecule has 2 aromatic carbocycles. The van der Waals surface area contributed by atoms with Gasteiger partial charge in [-0.3, -0.25) is 9.59 Å². The lowest BCUT2D eigenvalue weighted by molar-refractivity contribution is -0.122. The lowest BCUT2D eigenvalue weighted by Crippen LogP contribution is -2.38. The van der Waals surface area contributed by atoms with Crippen molar-refractivity contribution in [1.29, 1.82) is 0 Å². The summed E-state index contributed by atoms with van der Waals surface area (Å²) in [6.07, 6.45) is 2.25. The van der Waals surface area contributed by atoms with Gasteiger partial charge in [-0.1, -0.05) is 43.3 Å². The molecule has 27 heavy (non-hydrogen) atoms. The van der Waals surface area contributed by atoms with Crippen molar-refractivity contribution in [3.05, 3.63) is 82.3 Å². The van der Waals surface area contributed by atoms with Crippen molar-refractivity contribution in [3.8, 4) is 0 Å². The monoisotopic (exact) mass is 363 g/mol. The quantitative estimate of drug-likeness (QED) is 0.879. The molecule has 3 nitrogen and oxygen atoms in total. The molecule has 2 atom stereocenters. The van der Waals surface area contributed by atoms with Gasteiger partial charge in [0.2, 0.25) is 5.91 Å². The van der Waals surface area contributed by atoms with Crippen molar-refractivity contribution in [2.24, 2.45) is 0 Å². The van der Waals surface area contributed by atoms with E-state index in [0.717, 1.165) is 28.8 Å². The van der Waals surface area contributed by atoms with Gasteiger partial charge in [0.15, 0.2) is 5.78 Å². The van der Waals surface area contributed by atoms with E-state index in [2.05, 4.69) is 24.4 Å². The minimum absolute atomic E-state index is 0.0293. The molecular weight excluding hydrogens is 341 g/mol. The van der Waals surface area contributed by atoms with Crippen molar-refractivity contribution in [1.82, 2.24) is 5.32 Å². The van der Waals surface area contributed by atoms with Crippen molar-refractivity contribution < 1.29 is 14.0 Å². The standard InChI is InChI=1S/C23H22FNO2/c1-2-14-3-5-16(6-4-14)19-13-22(27)25-20-11-17(12-21(26)23(19)20)15-7-9-18(24)10-8-15/h3-10,17,19H,2,11-13H2,1H3,(H,25,27)/t17-,19-/m0/s1. The predicted octanol–water partition coefficient (Wildman–Crippen LogP) is 4.39. The molecular formula is C23H22FNO2. The molecule has 1 amide bonds. The Bertz CT molecular complexity index is 912. The van der Waals surface area contributed by atoms with Gasteiger partial charge >= 0.3 is 0 Å². The van der Waals surface area contributed by atoms with Crippen molar-refractivity contribution in [2.75, 3.05) is 0 Å². The fourth-order valence-corrected chi connectivity index (χ4v) is 4.20. The van der Waals surface area contributed by atoms with Crippen LogP contribution in [0.3, 0.4) is 0 Å². The number of hydrogen-bond acceptors (Lipinski definition) is 2. The Kier molecular flexibility index (Phi) is 4.65. The number of carbonyl (C=O) groups excluding carboxylic acids is 2. The van der Waals surface area contributed by atoms with Crippen LogP contribution in [0.15, 0.2) is 59.8 Å². The average Bonchev–Trinajstić information content (AvgIpc) is 2.67. The predicted molar refractivity (Wildman–Crippen MR) is 102 cm³/mol. The van der Waals surface area contributed by atoms with Crippen LogP contribution >= 0.6 is 0 Å². The number of ketones is 1. The molecule has 0 saturated carbocycles. The Morgan fingerprint density at radius 1 is 0.926 bits per heavy atom. The fourth-order valence-electron chi connectivity index (χ4n) is 4.20.